The zero-order valence-corrected chi connectivity index (χ0v) is 13.7. The lowest BCUT2D eigenvalue weighted by molar-refractivity contribution is -0.137. The summed E-state index contributed by atoms with van der Waals surface area (Å²) in [5.41, 5.74) is 0. The van der Waals surface area contributed by atoms with E-state index in [4.69, 9.17) is 5.11 Å². The Morgan fingerprint density at radius 2 is 1.57 bits per heavy atom. The Balaban J connectivity index is 3.26. The molecule has 0 heterocycles. The summed E-state index contributed by atoms with van der Waals surface area (Å²) in [5, 5.41) is 18.4. The zero-order valence-electron chi connectivity index (χ0n) is 13.7. The maximum absolute atomic E-state index is 10.3. The van der Waals surface area contributed by atoms with Crippen molar-refractivity contribution in [2.24, 2.45) is 0 Å². The molecule has 0 aliphatic rings. The molecule has 3 nitrogen and oxygen atoms in total. The van der Waals surface area contributed by atoms with E-state index >= 15 is 0 Å². The van der Waals surface area contributed by atoms with Crippen LogP contribution in [0.25, 0.3) is 0 Å². The minimum absolute atomic E-state index is 0.177. The van der Waals surface area contributed by atoms with E-state index in [-0.39, 0.29) is 12.5 Å². The first-order chi connectivity index (χ1) is 10.2. The highest BCUT2D eigenvalue weighted by atomic mass is 16.4. The fraction of sp³-hybridized carbons (Fsp3) is 0.833. The first kappa shape index (κ1) is 20.2. The van der Waals surface area contributed by atoms with Crippen LogP contribution in [0.2, 0.25) is 0 Å². The van der Waals surface area contributed by atoms with Crippen molar-refractivity contribution in [1.82, 2.24) is 0 Å². The van der Waals surface area contributed by atoms with Gasteiger partial charge in [0.25, 0.3) is 0 Å². The monoisotopic (exact) mass is 298 g/mol. The number of aliphatic hydroxyl groups excluding tert-OH is 1. The van der Waals surface area contributed by atoms with Gasteiger partial charge in [-0.05, 0) is 38.5 Å². The zero-order chi connectivity index (χ0) is 15.8. The smallest absolute Gasteiger partial charge is 0.303 e. The largest absolute Gasteiger partial charge is 0.481 e. The Hall–Kier alpha value is -0.830. The van der Waals surface area contributed by atoms with E-state index in [1.54, 1.807) is 0 Å². The van der Waals surface area contributed by atoms with Crippen LogP contribution >= 0.6 is 0 Å². The maximum Gasteiger partial charge on any atom is 0.303 e. The summed E-state index contributed by atoms with van der Waals surface area (Å²) in [6.45, 7) is 2.21. The summed E-state index contributed by atoms with van der Waals surface area (Å²) in [7, 11) is 0. The molecule has 2 N–H and O–H groups in total. The quantitative estimate of drug-likeness (QED) is 0.327. The molecule has 0 aliphatic carbocycles. The van der Waals surface area contributed by atoms with Crippen molar-refractivity contribution >= 4 is 5.97 Å². The van der Waals surface area contributed by atoms with Crippen LogP contribution in [0.3, 0.4) is 0 Å². The summed E-state index contributed by atoms with van der Waals surface area (Å²) in [4.78, 5) is 10.3. The average Bonchev–Trinajstić information content (AvgIpc) is 2.45. The van der Waals surface area contributed by atoms with Crippen LogP contribution < -0.4 is 0 Å². The fourth-order valence-electron chi connectivity index (χ4n) is 2.37. The molecule has 0 radical (unpaired) electrons. The number of carboxylic acids is 1. The van der Waals surface area contributed by atoms with Gasteiger partial charge in [-0.15, -0.1) is 0 Å². The van der Waals surface area contributed by atoms with E-state index in [9.17, 15) is 9.90 Å². The lowest BCUT2D eigenvalue weighted by Gasteiger charge is -2.08. The van der Waals surface area contributed by atoms with E-state index in [2.05, 4.69) is 19.1 Å². The van der Waals surface area contributed by atoms with Crippen molar-refractivity contribution in [1.29, 1.82) is 0 Å². The van der Waals surface area contributed by atoms with Crippen molar-refractivity contribution in [3.63, 3.8) is 0 Å². The first-order valence-corrected chi connectivity index (χ1v) is 8.71. The summed E-state index contributed by atoms with van der Waals surface area (Å²) >= 11 is 0. The van der Waals surface area contributed by atoms with Crippen LogP contribution in [0.5, 0.6) is 0 Å². The van der Waals surface area contributed by atoms with Gasteiger partial charge in [-0.1, -0.05) is 57.6 Å². The molecule has 0 fully saturated rings. The van der Waals surface area contributed by atoms with Crippen LogP contribution in [0.4, 0.5) is 0 Å². The number of unbranched alkanes of at least 4 members (excludes halogenated alkanes) is 7. The van der Waals surface area contributed by atoms with Gasteiger partial charge in [0.05, 0.1) is 6.10 Å². The van der Waals surface area contributed by atoms with Gasteiger partial charge in [0.15, 0.2) is 0 Å². The normalized spacial score (nSPS) is 12.9. The second-order valence-electron chi connectivity index (χ2n) is 5.90. The van der Waals surface area contributed by atoms with Crippen molar-refractivity contribution in [2.75, 3.05) is 0 Å². The van der Waals surface area contributed by atoms with Crippen molar-refractivity contribution in [3.8, 4) is 0 Å². The van der Waals surface area contributed by atoms with E-state index in [1.807, 2.05) is 0 Å². The van der Waals surface area contributed by atoms with Crippen LogP contribution in [0.15, 0.2) is 12.2 Å². The molecule has 0 aromatic rings. The number of aliphatic carboxylic acids is 1. The molecule has 0 saturated carbocycles. The van der Waals surface area contributed by atoms with Gasteiger partial charge in [0.2, 0.25) is 0 Å². The van der Waals surface area contributed by atoms with Crippen molar-refractivity contribution < 1.29 is 15.0 Å². The number of carboxylic acid groups (broad SMARTS) is 1. The summed E-state index contributed by atoms with van der Waals surface area (Å²) in [6.07, 6.45) is 17.3. The maximum atomic E-state index is 10.3. The second-order valence-corrected chi connectivity index (χ2v) is 5.90. The van der Waals surface area contributed by atoms with Crippen LogP contribution in [0, 0.1) is 0 Å². The predicted octanol–water partition coefficient (Wildman–Crippen LogP) is 5.08. The summed E-state index contributed by atoms with van der Waals surface area (Å²) < 4.78 is 0. The Bertz CT molecular complexity index is 261. The number of hydrogen-bond donors (Lipinski definition) is 2. The highest BCUT2D eigenvalue weighted by Gasteiger charge is 2.02. The molecule has 0 unspecified atom stereocenters. The lowest BCUT2D eigenvalue weighted by atomic mass is 10.0. The highest BCUT2D eigenvalue weighted by molar-refractivity contribution is 5.66. The molecular formula is C18H34O3. The van der Waals surface area contributed by atoms with Gasteiger partial charge in [0.1, 0.15) is 0 Å². The molecule has 3 heteroatoms. The third-order valence-electron chi connectivity index (χ3n) is 3.74. The molecule has 0 aromatic heterocycles. The van der Waals surface area contributed by atoms with Gasteiger partial charge in [-0.2, -0.15) is 0 Å². The molecule has 0 aliphatic heterocycles. The Morgan fingerprint density at radius 3 is 2.29 bits per heavy atom. The second kappa shape index (κ2) is 15.6. The van der Waals surface area contributed by atoms with Crippen LogP contribution in [-0.4, -0.2) is 22.3 Å². The van der Waals surface area contributed by atoms with Crippen LogP contribution in [0.1, 0.15) is 90.4 Å². The van der Waals surface area contributed by atoms with Gasteiger partial charge in [-0.3, -0.25) is 4.79 Å². The average molecular weight is 298 g/mol. The standard InChI is InChI=1S/C18H34O3/c1-2-3-4-5-6-8-11-14-17(19)15-12-9-7-10-13-16-18(20)21/h6,8,17,19H,2-5,7,9-16H2,1H3,(H,20,21)/b8-6-/t17-/m0/s1. The minimum Gasteiger partial charge on any atom is -0.481 e. The predicted molar refractivity (Wildman–Crippen MR) is 88.5 cm³/mol. The van der Waals surface area contributed by atoms with E-state index < -0.39 is 5.97 Å². The third kappa shape index (κ3) is 17.1. The fourth-order valence-corrected chi connectivity index (χ4v) is 2.37. The topological polar surface area (TPSA) is 57.5 Å². The lowest BCUT2D eigenvalue weighted by Crippen LogP contribution is -2.05. The molecule has 0 aromatic carbocycles. The number of hydrogen-bond acceptors (Lipinski definition) is 2. The van der Waals surface area contributed by atoms with Crippen molar-refractivity contribution in [2.45, 2.75) is 96.5 Å². The highest BCUT2D eigenvalue weighted by Crippen LogP contribution is 2.12. The Kier molecular flexibility index (Phi) is 14.9. The number of carbonyl (C=O) groups is 1. The summed E-state index contributed by atoms with van der Waals surface area (Å²) in [5.74, 6) is -0.701. The third-order valence-corrected chi connectivity index (χ3v) is 3.74. The van der Waals surface area contributed by atoms with Gasteiger partial charge in [0, 0.05) is 6.42 Å². The van der Waals surface area contributed by atoms with E-state index in [0.717, 1.165) is 51.4 Å². The van der Waals surface area contributed by atoms with E-state index in [1.165, 1.54) is 25.7 Å². The SMILES string of the molecule is CCCCC/C=C\CC[C@H](O)CCCCCCCC(=O)O. The molecule has 0 rings (SSSR count). The summed E-state index contributed by atoms with van der Waals surface area (Å²) in [6, 6.07) is 0. The molecule has 0 spiro atoms. The Morgan fingerprint density at radius 1 is 0.905 bits per heavy atom. The van der Waals surface area contributed by atoms with Crippen molar-refractivity contribution in [3.05, 3.63) is 12.2 Å². The number of aliphatic hydroxyl groups is 1. The van der Waals surface area contributed by atoms with Crippen LogP contribution in [-0.2, 0) is 4.79 Å². The van der Waals surface area contributed by atoms with Gasteiger partial charge in [-0.25, -0.2) is 0 Å². The number of allylic oxidation sites excluding steroid dienone is 2. The van der Waals surface area contributed by atoms with E-state index in [0.29, 0.717) is 0 Å². The molecular weight excluding hydrogens is 264 g/mol. The minimum atomic E-state index is -0.701. The molecule has 0 saturated heterocycles. The number of rotatable bonds is 15. The van der Waals surface area contributed by atoms with Gasteiger partial charge >= 0.3 is 5.97 Å². The molecule has 21 heavy (non-hydrogen) atoms. The molecule has 1 atom stereocenters. The molecule has 124 valence electrons. The Labute approximate surface area is 130 Å². The molecule has 0 amide bonds. The first-order valence-electron chi connectivity index (χ1n) is 8.71. The van der Waals surface area contributed by atoms with Gasteiger partial charge < -0.3 is 10.2 Å². The molecule has 0 bridgehead atoms.